The maximum Gasteiger partial charge on any atom is 0.274 e. The molecule has 1 aromatic carbocycles. The van der Waals surface area contributed by atoms with Gasteiger partial charge in [0.25, 0.3) is 5.91 Å². The molecule has 0 radical (unpaired) electrons. The molecular weight excluding hydrogens is 382 g/mol. The molecule has 0 aliphatic carbocycles. The number of likely N-dealkylation sites (N-methyl/N-ethyl adjacent to an activating group) is 1. The number of rotatable bonds is 8. The molecule has 8 nitrogen and oxygen atoms in total. The molecule has 1 aliphatic heterocycles. The zero-order chi connectivity index (χ0) is 21.5. The van der Waals surface area contributed by atoms with E-state index >= 15 is 0 Å². The number of morpholine rings is 1. The summed E-state index contributed by atoms with van der Waals surface area (Å²) in [5.41, 5.74) is 2.26. The zero-order valence-electron chi connectivity index (χ0n) is 18.2. The number of ether oxygens (including phenoxy) is 2. The second-order valence-electron chi connectivity index (χ2n) is 7.66. The molecule has 8 heteroatoms. The summed E-state index contributed by atoms with van der Waals surface area (Å²) in [5, 5.41) is 2.98. The Morgan fingerprint density at radius 1 is 1.27 bits per heavy atom. The predicted octanol–water partition coefficient (Wildman–Crippen LogP) is 2.77. The summed E-state index contributed by atoms with van der Waals surface area (Å²) in [7, 11) is 3.59. The highest BCUT2D eigenvalue weighted by Crippen LogP contribution is 2.21. The molecule has 2 heterocycles. The van der Waals surface area contributed by atoms with Gasteiger partial charge >= 0.3 is 0 Å². The van der Waals surface area contributed by atoms with Crippen molar-refractivity contribution in [1.29, 1.82) is 0 Å². The van der Waals surface area contributed by atoms with Crippen molar-refractivity contribution in [2.24, 2.45) is 0 Å². The molecule has 0 saturated carbocycles. The molecule has 2 aromatic rings. The van der Waals surface area contributed by atoms with Crippen LogP contribution in [-0.2, 0) is 9.47 Å². The van der Waals surface area contributed by atoms with Crippen LogP contribution in [0.1, 0.15) is 35.8 Å². The number of nitrogens with zero attached hydrogens (tertiary/aromatic N) is 4. The lowest BCUT2D eigenvalue weighted by Gasteiger charge is -2.28. The van der Waals surface area contributed by atoms with Crippen molar-refractivity contribution in [2.45, 2.75) is 19.8 Å². The minimum absolute atomic E-state index is 0.255. The van der Waals surface area contributed by atoms with E-state index in [-0.39, 0.29) is 5.91 Å². The molecule has 30 heavy (non-hydrogen) atoms. The lowest BCUT2D eigenvalue weighted by atomic mass is 10.0. The van der Waals surface area contributed by atoms with Crippen molar-refractivity contribution in [3.05, 3.63) is 41.6 Å². The van der Waals surface area contributed by atoms with Crippen molar-refractivity contribution in [3.63, 3.8) is 0 Å². The van der Waals surface area contributed by atoms with E-state index in [1.54, 1.807) is 13.2 Å². The lowest BCUT2D eigenvalue weighted by molar-refractivity contribution is 0.102. The highest BCUT2D eigenvalue weighted by molar-refractivity contribution is 6.03. The van der Waals surface area contributed by atoms with Crippen LogP contribution in [0.3, 0.4) is 0 Å². The molecule has 1 aromatic heterocycles. The average Bonchev–Trinajstić information content (AvgIpc) is 2.77. The van der Waals surface area contributed by atoms with Crippen LogP contribution in [0, 0.1) is 0 Å². The number of hydrogen-bond acceptors (Lipinski definition) is 7. The monoisotopic (exact) mass is 413 g/mol. The van der Waals surface area contributed by atoms with Crippen molar-refractivity contribution in [2.75, 3.05) is 68.7 Å². The van der Waals surface area contributed by atoms with E-state index in [9.17, 15) is 4.79 Å². The number of benzene rings is 1. The summed E-state index contributed by atoms with van der Waals surface area (Å²) in [6.07, 6.45) is 0. The predicted molar refractivity (Wildman–Crippen MR) is 119 cm³/mol. The summed E-state index contributed by atoms with van der Waals surface area (Å²) in [4.78, 5) is 26.3. The molecule has 0 unspecified atom stereocenters. The molecule has 162 valence electrons. The molecule has 1 aliphatic rings. The van der Waals surface area contributed by atoms with Gasteiger partial charge in [0.05, 0.1) is 19.8 Å². The fraction of sp³-hybridized carbons (Fsp3) is 0.500. The first-order valence-electron chi connectivity index (χ1n) is 10.3. The molecular formula is C22H31N5O3. The summed E-state index contributed by atoms with van der Waals surface area (Å²) in [5.74, 6) is 1.36. The molecule has 0 bridgehead atoms. The van der Waals surface area contributed by atoms with Crippen molar-refractivity contribution in [1.82, 2.24) is 9.97 Å². The Bertz CT molecular complexity index is 852. The van der Waals surface area contributed by atoms with Crippen LogP contribution in [0.15, 0.2) is 30.3 Å². The van der Waals surface area contributed by atoms with Crippen LogP contribution in [0.4, 0.5) is 17.5 Å². The smallest absolute Gasteiger partial charge is 0.274 e. The van der Waals surface area contributed by atoms with Gasteiger partial charge in [0.1, 0.15) is 11.5 Å². The number of aromatic nitrogens is 2. The van der Waals surface area contributed by atoms with E-state index in [0.29, 0.717) is 62.8 Å². The van der Waals surface area contributed by atoms with Gasteiger partial charge in [-0.1, -0.05) is 26.0 Å². The quantitative estimate of drug-likeness (QED) is 0.713. The van der Waals surface area contributed by atoms with Gasteiger partial charge in [-0.2, -0.15) is 4.98 Å². The van der Waals surface area contributed by atoms with Crippen molar-refractivity contribution in [3.8, 4) is 0 Å². The van der Waals surface area contributed by atoms with Gasteiger partial charge in [-0.15, -0.1) is 0 Å². The van der Waals surface area contributed by atoms with Gasteiger partial charge in [0.15, 0.2) is 0 Å². The maximum absolute atomic E-state index is 13.0. The van der Waals surface area contributed by atoms with Crippen molar-refractivity contribution < 1.29 is 14.3 Å². The van der Waals surface area contributed by atoms with Gasteiger partial charge in [-0.05, 0) is 23.6 Å². The first-order chi connectivity index (χ1) is 14.5. The largest absolute Gasteiger partial charge is 0.383 e. The van der Waals surface area contributed by atoms with E-state index in [2.05, 4.69) is 35.2 Å². The summed E-state index contributed by atoms with van der Waals surface area (Å²) >= 11 is 0. The molecule has 1 saturated heterocycles. The summed E-state index contributed by atoms with van der Waals surface area (Å²) in [6.45, 7) is 8.12. The number of nitrogens with one attached hydrogen (secondary N) is 1. The fourth-order valence-corrected chi connectivity index (χ4v) is 3.15. The van der Waals surface area contributed by atoms with E-state index in [0.717, 1.165) is 5.69 Å². The molecule has 3 rings (SSSR count). The van der Waals surface area contributed by atoms with Crippen LogP contribution in [0.25, 0.3) is 0 Å². The van der Waals surface area contributed by atoms with E-state index in [1.165, 1.54) is 5.56 Å². The van der Waals surface area contributed by atoms with Crippen LogP contribution < -0.4 is 15.1 Å². The number of methoxy groups -OCH3 is 1. The number of anilines is 3. The van der Waals surface area contributed by atoms with Crippen LogP contribution in [0.5, 0.6) is 0 Å². The van der Waals surface area contributed by atoms with E-state index < -0.39 is 0 Å². The van der Waals surface area contributed by atoms with Crippen LogP contribution >= 0.6 is 0 Å². The zero-order valence-corrected chi connectivity index (χ0v) is 18.2. The number of carbonyl (C=O) groups is 1. The molecule has 1 N–H and O–H groups in total. The standard InChI is InChI=1S/C22H31N5O3/c1-16(2)17-6-5-7-18(14-17)23-21(28)19-15-20(26(3)8-11-29-4)25-22(24-19)27-9-12-30-13-10-27/h5-7,14-16H,8-13H2,1-4H3,(H,23,28). The van der Waals surface area contributed by atoms with Crippen LogP contribution in [0.2, 0.25) is 0 Å². The Morgan fingerprint density at radius 2 is 2.03 bits per heavy atom. The minimum Gasteiger partial charge on any atom is -0.383 e. The van der Waals surface area contributed by atoms with Gasteiger partial charge in [-0.3, -0.25) is 4.79 Å². The Labute approximate surface area is 178 Å². The maximum atomic E-state index is 13.0. The Morgan fingerprint density at radius 3 is 2.73 bits per heavy atom. The SMILES string of the molecule is COCCN(C)c1cc(C(=O)Nc2cccc(C(C)C)c2)nc(N2CCOCC2)n1. The lowest BCUT2D eigenvalue weighted by Crippen LogP contribution is -2.38. The topological polar surface area (TPSA) is 79.8 Å². The van der Waals surface area contributed by atoms with Crippen molar-refractivity contribution >= 4 is 23.4 Å². The number of carbonyl (C=O) groups excluding carboxylic acids is 1. The van der Waals surface area contributed by atoms with E-state index in [1.807, 2.05) is 35.0 Å². The second kappa shape index (κ2) is 10.4. The van der Waals surface area contributed by atoms with Gasteiger partial charge in [-0.25, -0.2) is 4.98 Å². The third kappa shape index (κ3) is 5.67. The highest BCUT2D eigenvalue weighted by atomic mass is 16.5. The summed E-state index contributed by atoms with van der Waals surface area (Å²) in [6, 6.07) is 9.62. The first-order valence-corrected chi connectivity index (χ1v) is 10.3. The Kier molecular flexibility index (Phi) is 7.59. The third-order valence-corrected chi connectivity index (χ3v) is 5.06. The first kappa shape index (κ1) is 22.0. The van der Waals surface area contributed by atoms with Gasteiger partial charge < -0.3 is 24.6 Å². The second-order valence-corrected chi connectivity index (χ2v) is 7.66. The van der Waals surface area contributed by atoms with Gasteiger partial charge in [0.2, 0.25) is 5.95 Å². The highest BCUT2D eigenvalue weighted by Gasteiger charge is 2.20. The molecule has 0 atom stereocenters. The van der Waals surface area contributed by atoms with E-state index in [4.69, 9.17) is 9.47 Å². The minimum atomic E-state index is -0.255. The molecule has 1 amide bonds. The third-order valence-electron chi connectivity index (χ3n) is 5.06. The Balaban J connectivity index is 1.87. The average molecular weight is 414 g/mol. The summed E-state index contributed by atoms with van der Waals surface area (Å²) < 4.78 is 10.6. The molecule has 1 fully saturated rings. The Hall–Kier alpha value is -2.71. The fourth-order valence-electron chi connectivity index (χ4n) is 3.15. The normalized spacial score (nSPS) is 14.1. The number of hydrogen-bond donors (Lipinski definition) is 1. The molecule has 0 spiro atoms. The van der Waals surface area contributed by atoms with Gasteiger partial charge in [0, 0.05) is 45.5 Å². The number of amides is 1. The van der Waals surface area contributed by atoms with Crippen LogP contribution in [-0.4, -0.2) is 69.5 Å².